The summed E-state index contributed by atoms with van der Waals surface area (Å²) in [5.41, 5.74) is 0. The average Bonchev–Trinajstić information content (AvgIpc) is 3.00. The van der Waals surface area contributed by atoms with Crippen molar-refractivity contribution in [3.63, 3.8) is 0 Å². The summed E-state index contributed by atoms with van der Waals surface area (Å²) in [6, 6.07) is 4.14. The Labute approximate surface area is 113 Å². The Morgan fingerprint density at radius 3 is 2.88 bits per heavy atom. The van der Waals surface area contributed by atoms with Crippen LogP contribution in [0.4, 0.5) is 0 Å². The van der Waals surface area contributed by atoms with Gasteiger partial charge in [-0.2, -0.15) is 0 Å². The summed E-state index contributed by atoms with van der Waals surface area (Å²) >= 11 is 7.63. The Hall–Kier alpha value is -0.0500. The molecule has 0 saturated heterocycles. The monoisotopic (exact) mass is 269 g/mol. The molecule has 3 rings (SSSR count). The van der Waals surface area contributed by atoms with E-state index >= 15 is 0 Å². The summed E-state index contributed by atoms with van der Waals surface area (Å²) in [6.07, 6.45) is 7.14. The van der Waals surface area contributed by atoms with Crippen molar-refractivity contribution in [3.05, 3.63) is 21.3 Å². The van der Waals surface area contributed by atoms with Crippen molar-refractivity contribution in [1.82, 2.24) is 5.32 Å². The standard InChI is InChI=1S/C14H20ClNS/c15-14-4-3-13(17-14)5-6-16-9-12-8-10-1-2-11(12)7-10/h3-4,10-12,16H,1-2,5-9H2. The lowest BCUT2D eigenvalue weighted by Gasteiger charge is -2.21. The lowest BCUT2D eigenvalue weighted by Crippen LogP contribution is -2.27. The van der Waals surface area contributed by atoms with E-state index in [0.717, 1.165) is 35.1 Å². The van der Waals surface area contributed by atoms with Gasteiger partial charge in [-0.15, -0.1) is 11.3 Å². The zero-order valence-electron chi connectivity index (χ0n) is 10.1. The molecule has 1 aromatic heterocycles. The molecule has 0 spiro atoms. The molecule has 3 heteroatoms. The molecule has 3 atom stereocenters. The topological polar surface area (TPSA) is 12.0 Å². The molecule has 2 fully saturated rings. The third-order valence-corrected chi connectivity index (χ3v) is 5.76. The van der Waals surface area contributed by atoms with Crippen molar-refractivity contribution >= 4 is 22.9 Å². The third kappa shape index (κ3) is 2.86. The van der Waals surface area contributed by atoms with Gasteiger partial charge in [0, 0.05) is 4.88 Å². The van der Waals surface area contributed by atoms with E-state index in [4.69, 9.17) is 11.6 Å². The Balaban J connectivity index is 1.36. The van der Waals surface area contributed by atoms with Gasteiger partial charge in [0.05, 0.1) is 4.34 Å². The fourth-order valence-electron chi connectivity index (χ4n) is 3.61. The molecule has 0 aliphatic heterocycles. The predicted octanol–water partition coefficient (Wildman–Crippen LogP) is 3.97. The number of fused-ring (bicyclic) bond motifs is 2. The zero-order chi connectivity index (χ0) is 11.7. The van der Waals surface area contributed by atoms with E-state index in [0.29, 0.717) is 0 Å². The van der Waals surface area contributed by atoms with E-state index in [1.165, 1.54) is 37.1 Å². The van der Waals surface area contributed by atoms with Crippen molar-refractivity contribution < 1.29 is 0 Å². The number of thiophene rings is 1. The first-order chi connectivity index (χ1) is 8.31. The summed E-state index contributed by atoms with van der Waals surface area (Å²) in [7, 11) is 0. The van der Waals surface area contributed by atoms with Crippen LogP contribution in [0, 0.1) is 17.8 Å². The number of hydrogen-bond acceptors (Lipinski definition) is 2. The first-order valence-corrected chi connectivity index (χ1v) is 7.95. The molecule has 2 aliphatic carbocycles. The SMILES string of the molecule is Clc1ccc(CCNCC2CC3CCC2C3)s1. The van der Waals surface area contributed by atoms with Crippen molar-refractivity contribution in [2.45, 2.75) is 32.1 Å². The second-order valence-corrected chi connectivity index (χ2v) is 7.39. The first-order valence-electron chi connectivity index (χ1n) is 6.76. The Morgan fingerprint density at radius 2 is 2.24 bits per heavy atom. The van der Waals surface area contributed by atoms with Crippen LogP contribution in [0.15, 0.2) is 12.1 Å². The normalized spacial score (nSPS) is 31.2. The molecule has 0 radical (unpaired) electrons. The van der Waals surface area contributed by atoms with Crippen LogP contribution >= 0.6 is 22.9 Å². The molecule has 94 valence electrons. The van der Waals surface area contributed by atoms with E-state index in [1.807, 2.05) is 6.07 Å². The average molecular weight is 270 g/mol. The van der Waals surface area contributed by atoms with Crippen LogP contribution in [-0.4, -0.2) is 13.1 Å². The van der Waals surface area contributed by atoms with Crippen LogP contribution in [0.3, 0.4) is 0 Å². The molecule has 1 N–H and O–H groups in total. The minimum absolute atomic E-state index is 0.910. The lowest BCUT2D eigenvalue weighted by molar-refractivity contribution is 0.320. The summed E-state index contributed by atoms with van der Waals surface area (Å²) < 4.78 is 0.910. The van der Waals surface area contributed by atoms with Crippen LogP contribution in [0.2, 0.25) is 4.34 Å². The van der Waals surface area contributed by atoms with E-state index in [9.17, 15) is 0 Å². The number of nitrogens with one attached hydrogen (secondary N) is 1. The highest BCUT2D eigenvalue weighted by atomic mass is 35.5. The third-order valence-electron chi connectivity index (χ3n) is 4.47. The molecule has 0 aromatic carbocycles. The molecule has 3 unspecified atom stereocenters. The molecule has 1 heterocycles. The summed E-state index contributed by atoms with van der Waals surface area (Å²) in [5.74, 6) is 3.09. The van der Waals surface area contributed by atoms with Gasteiger partial charge in [-0.3, -0.25) is 0 Å². The van der Waals surface area contributed by atoms with Gasteiger partial charge in [-0.25, -0.2) is 0 Å². The van der Waals surface area contributed by atoms with Crippen molar-refractivity contribution in [2.24, 2.45) is 17.8 Å². The van der Waals surface area contributed by atoms with Gasteiger partial charge in [-0.1, -0.05) is 18.0 Å². The van der Waals surface area contributed by atoms with Gasteiger partial charge >= 0.3 is 0 Å². The highest BCUT2D eigenvalue weighted by Gasteiger charge is 2.38. The lowest BCUT2D eigenvalue weighted by atomic mass is 9.89. The van der Waals surface area contributed by atoms with Gasteiger partial charge in [-0.05, 0) is 68.7 Å². The highest BCUT2D eigenvalue weighted by molar-refractivity contribution is 7.16. The Bertz CT molecular complexity index is 376. The van der Waals surface area contributed by atoms with Crippen LogP contribution in [0.1, 0.15) is 30.6 Å². The summed E-state index contributed by atoms with van der Waals surface area (Å²) in [6.45, 7) is 2.34. The molecular weight excluding hydrogens is 250 g/mol. The molecular formula is C14H20ClNS. The smallest absolute Gasteiger partial charge is 0.0931 e. The van der Waals surface area contributed by atoms with Crippen molar-refractivity contribution in [2.75, 3.05) is 13.1 Å². The minimum atomic E-state index is 0.910. The second-order valence-electron chi connectivity index (χ2n) is 5.59. The quantitative estimate of drug-likeness (QED) is 0.798. The van der Waals surface area contributed by atoms with Crippen molar-refractivity contribution in [3.8, 4) is 0 Å². The van der Waals surface area contributed by atoms with Crippen LogP contribution in [0.25, 0.3) is 0 Å². The maximum atomic E-state index is 5.92. The predicted molar refractivity (Wildman–Crippen MR) is 74.8 cm³/mol. The molecule has 1 nitrogen and oxygen atoms in total. The van der Waals surface area contributed by atoms with E-state index < -0.39 is 0 Å². The number of rotatable bonds is 5. The second kappa shape index (κ2) is 5.29. The maximum absolute atomic E-state index is 5.92. The minimum Gasteiger partial charge on any atom is -0.316 e. The van der Waals surface area contributed by atoms with E-state index in [-0.39, 0.29) is 0 Å². The molecule has 1 aromatic rings. The van der Waals surface area contributed by atoms with Gasteiger partial charge in [0.15, 0.2) is 0 Å². The largest absolute Gasteiger partial charge is 0.316 e. The van der Waals surface area contributed by atoms with Crippen LogP contribution in [0.5, 0.6) is 0 Å². The molecule has 2 saturated carbocycles. The highest BCUT2D eigenvalue weighted by Crippen LogP contribution is 2.47. The maximum Gasteiger partial charge on any atom is 0.0931 e. The Morgan fingerprint density at radius 1 is 1.29 bits per heavy atom. The Kier molecular flexibility index (Phi) is 3.74. The van der Waals surface area contributed by atoms with Gasteiger partial charge in [0.25, 0.3) is 0 Å². The first kappa shape index (κ1) is 12.0. The van der Waals surface area contributed by atoms with E-state index in [1.54, 1.807) is 11.3 Å². The molecule has 17 heavy (non-hydrogen) atoms. The van der Waals surface area contributed by atoms with E-state index in [2.05, 4.69) is 11.4 Å². The fourth-order valence-corrected chi connectivity index (χ4v) is 4.70. The van der Waals surface area contributed by atoms with Crippen molar-refractivity contribution in [1.29, 1.82) is 0 Å². The van der Waals surface area contributed by atoms with Crippen LogP contribution < -0.4 is 5.32 Å². The van der Waals surface area contributed by atoms with Gasteiger partial charge < -0.3 is 5.32 Å². The zero-order valence-corrected chi connectivity index (χ0v) is 11.7. The van der Waals surface area contributed by atoms with Gasteiger partial charge in [0.1, 0.15) is 0 Å². The molecule has 2 aliphatic rings. The van der Waals surface area contributed by atoms with Gasteiger partial charge in [0.2, 0.25) is 0 Å². The fraction of sp³-hybridized carbons (Fsp3) is 0.714. The number of hydrogen-bond donors (Lipinski definition) is 1. The molecule has 2 bridgehead atoms. The summed E-state index contributed by atoms with van der Waals surface area (Å²) in [5, 5.41) is 3.63. The molecule has 0 amide bonds. The number of halogens is 1. The van der Waals surface area contributed by atoms with Crippen LogP contribution in [-0.2, 0) is 6.42 Å². The summed E-state index contributed by atoms with van der Waals surface area (Å²) in [4.78, 5) is 1.40.